The first kappa shape index (κ1) is 28.8. The van der Waals surface area contributed by atoms with Gasteiger partial charge in [0.25, 0.3) is 0 Å². The van der Waals surface area contributed by atoms with Crippen LogP contribution >= 0.6 is 25.6 Å². The molecule has 2 unspecified atom stereocenters. The van der Waals surface area contributed by atoms with Gasteiger partial charge in [-0.1, -0.05) is 39.3 Å². The van der Waals surface area contributed by atoms with E-state index in [0.717, 1.165) is 55.2 Å². The molecule has 2 aromatic carbocycles. The third kappa shape index (κ3) is 8.13. The van der Waals surface area contributed by atoms with Crippen LogP contribution in [0.4, 0.5) is 22.7 Å². The molecule has 1 heterocycles. The van der Waals surface area contributed by atoms with E-state index in [1.807, 2.05) is 43.4 Å². The number of piperidine rings is 1. The largest absolute Gasteiger partial charge is 0.381 e. The Hall–Kier alpha value is -1.74. The highest BCUT2D eigenvalue weighted by Crippen LogP contribution is 2.33. The average Bonchev–Trinajstić information content (AvgIpc) is 2.90. The molecule has 2 atom stereocenters. The number of thiol groups is 2. The van der Waals surface area contributed by atoms with Crippen LogP contribution in [0.1, 0.15) is 46.5 Å². The predicted molar refractivity (Wildman–Crippen MR) is 162 cm³/mol. The van der Waals surface area contributed by atoms with E-state index in [1.165, 1.54) is 31.4 Å². The maximum Gasteiger partial charge on any atom is 0.0785 e. The Morgan fingerprint density at radius 3 is 2.28 bits per heavy atom. The summed E-state index contributed by atoms with van der Waals surface area (Å²) in [7, 11) is 3.91. The molecule has 8 heteroatoms. The highest BCUT2D eigenvalue weighted by molar-refractivity contribution is 7.82. The lowest BCUT2D eigenvalue weighted by Gasteiger charge is -2.37. The van der Waals surface area contributed by atoms with Crippen molar-refractivity contribution in [3.05, 3.63) is 48.5 Å². The lowest BCUT2D eigenvalue weighted by Crippen LogP contribution is -2.37. The van der Waals surface area contributed by atoms with Crippen molar-refractivity contribution in [3.63, 3.8) is 0 Å². The van der Waals surface area contributed by atoms with Crippen LogP contribution in [0.25, 0.3) is 0 Å². The van der Waals surface area contributed by atoms with Gasteiger partial charge in [-0.3, -0.25) is 9.84 Å². The lowest BCUT2D eigenvalue weighted by atomic mass is 9.85. The van der Waals surface area contributed by atoms with Crippen molar-refractivity contribution in [2.45, 2.75) is 46.5 Å². The van der Waals surface area contributed by atoms with Gasteiger partial charge in [-0.2, -0.15) is 0 Å². The zero-order valence-electron chi connectivity index (χ0n) is 22.6. The molecule has 0 aromatic heterocycles. The molecule has 0 radical (unpaired) electrons. The smallest absolute Gasteiger partial charge is 0.0785 e. The fourth-order valence-corrected chi connectivity index (χ4v) is 4.96. The third-order valence-corrected chi connectivity index (χ3v) is 8.27. The van der Waals surface area contributed by atoms with Gasteiger partial charge in [-0.25, -0.2) is 9.42 Å². The Morgan fingerprint density at radius 1 is 1.00 bits per heavy atom. The number of hydrogen-bond acceptors (Lipinski definition) is 8. The van der Waals surface area contributed by atoms with E-state index in [9.17, 15) is 0 Å². The highest BCUT2D eigenvalue weighted by atomic mass is 32.1. The predicted octanol–water partition coefficient (Wildman–Crippen LogP) is 6.80. The van der Waals surface area contributed by atoms with E-state index in [0.29, 0.717) is 5.92 Å². The molecule has 6 nitrogen and oxygen atoms in total. The molecular weight excluding hydrogens is 486 g/mol. The van der Waals surface area contributed by atoms with Crippen molar-refractivity contribution in [3.8, 4) is 0 Å². The van der Waals surface area contributed by atoms with Crippen molar-refractivity contribution < 1.29 is 4.74 Å². The van der Waals surface area contributed by atoms with Crippen molar-refractivity contribution in [2.24, 2.45) is 17.8 Å². The van der Waals surface area contributed by atoms with E-state index in [1.54, 1.807) is 8.83 Å². The van der Waals surface area contributed by atoms with E-state index in [2.05, 4.69) is 68.2 Å². The number of anilines is 4. The molecular formula is C28H45N5OS2. The first-order chi connectivity index (χ1) is 17.3. The topological polar surface area (TPSA) is 34.2 Å². The molecule has 0 spiro atoms. The molecule has 1 fully saturated rings. The molecule has 3 rings (SSSR count). The first-order valence-corrected chi connectivity index (χ1v) is 14.0. The highest BCUT2D eigenvalue weighted by Gasteiger charge is 2.25. The molecule has 36 heavy (non-hydrogen) atoms. The van der Waals surface area contributed by atoms with Gasteiger partial charge >= 0.3 is 0 Å². The SMILES string of the molecule is CCC(C)CCOCC(C)C1CCN(c2ccccc2NN(S)c2ccc(N(S)N(C)C)cc2)CC1. The van der Waals surface area contributed by atoms with Gasteiger partial charge in [-0.15, -0.1) is 0 Å². The van der Waals surface area contributed by atoms with Crippen LogP contribution in [-0.2, 0) is 4.74 Å². The lowest BCUT2D eigenvalue weighted by molar-refractivity contribution is 0.0700. The number of hydrogen-bond donors (Lipinski definition) is 3. The van der Waals surface area contributed by atoms with Gasteiger partial charge in [-0.05, 0) is 99.0 Å². The molecule has 1 N–H and O–H groups in total. The summed E-state index contributed by atoms with van der Waals surface area (Å²) in [5, 5.41) is 1.91. The fraction of sp³-hybridized carbons (Fsp3) is 0.571. The molecule has 1 aliphatic rings. The minimum atomic E-state index is 0.606. The zero-order valence-corrected chi connectivity index (χ0v) is 24.4. The Bertz CT molecular complexity index is 905. The van der Waals surface area contributed by atoms with Crippen LogP contribution in [0.2, 0.25) is 0 Å². The molecule has 2 aromatic rings. The number of para-hydroxylation sites is 2. The van der Waals surface area contributed by atoms with Crippen molar-refractivity contribution in [2.75, 3.05) is 59.6 Å². The van der Waals surface area contributed by atoms with Gasteiger partial charge in [0.1, 0.15) is 0 Å². The number of rotatable bonds is 13. The maximum atomic E-state index is 6.02. The molecule has 0 amide bonds. The summed E-state index contributed by atoms with van der Waals surface area (Å²) >= 11 is 9.22. The van der Waals surface area contributed by atoms with Crippen LogP contribution in [0, 0.1) is 17.8 Å². The standard InChI is InChI=1S/C28H45N5OS2/c1-6-22(2)17-20-34-21-23(3)24-15-18-31(19-16-24)28-10-8-7-9-27(28)29-32(35)25-11-13-26(14-12-25)33(36)30(4)5/h7-14,22-24,29,35-36H,6,15-21H2,1-5H3. The summed E-state index contributed by atoms with van der Waals surface area (Å²) < 4.78 is 9.58. The Kier molecular flexibility index (Phi) is 11.4. The summed E-state index contributed by atoms with van der Waals surface area (Å²) in [4.78, 5) is 2.50. The number of nitrogens with one attached hydrogen (secondary N) is 1. The maximum absolute atomic E-state index is 6.02. The van der Waals surface area contributed by atoms with Crippen LogP contribution in [-0.4, -0.2) is 45.4 Å². The van der Waals surface area contributed by atoms with Crippen molar-refractivity contribution in [1.29, 1.82) is 0 Å². The number of hydrazine groups is 2. The second kappa shape index (κ2) is 14.3. The number of nitrogens with zero attached hydrogens (tertiary/aromatic N) is 4. The first-order valence-electron chi connectivity index (χ1n) is 13.2. The van der Waals surface area contributed by atoms with Gasteiger partial charge in [0, 0.05) is 40.4 Å². The van der Waals surface area contributed by atoms with E-state index < -0.39 is 0 Å². The van der Waals surface area contributed by atoms with E-state index in [4.69, 9.17) is 17.6 Å². The molecule has 0 aliphatic carbocycles. The van der Waals surface area contributed by atoms with Gasteiger partial charge in [0.05, 0.1) is 22.7 Å². The van der Waals surface area contributed by atoms with Gasteiger partial charge in [0.15, 0.2) is 0 Å². The third-order valence-electron chi connectivity index (χ3n) is 7.35. The van der Waals surface area contributed by atoms with E-state index in [-0.39, 0.29) is 0 Å². The molecule has 0 bridgehead atoms. The normalized spacial score (nSPS) is 16.2. The minimum Gasteiger partial charge on any atom is -0.381 e. The molecule has 200 valence electrons. The van der Waals surface area contributed by atoms with E-state index >= 15 is 0 Å². The summed E-state index contributed by atoms with van der Waals surface area (Å²) in [6, 6.07) is 16.6. The second-order valence-electron chi connectivity index (χ2n) is 10.3. The summed E-state index contributed by atoms with van der Waals surface area (Å²) in [5.41, 5.74) is 7.70. The molecule has 1 saturated heterocycles. The Labute approximate surface area is 230 Å². The van der Waals surface area contributed by atoms with Crippen LogP contribution in [0.5, 0.6) is 0 Å². The van der Waals surface area contributed by atoms with Crippen LogP contribution in [0.3, 0.4) is 0 Å². The fourth-order valence-electron chi connectivity index (χ4n) is 4.58. The second-order valence-corrected chi connectivity index (χ2v) is 11.1. The van der Waals surface area contributed by atoms with Crippen LogP contribution in [0.15, 0.2) is 48.5 Å². The summed E-state index contributed by atoms with van der Waals surface area (Å²) in [6.07, 6.45) is 4.79. The quantitative estimate of drug-likeness (QED) is 0.150. The molecule has 0 saturated carbocycles. The number of benzene rings is 2. The van der Waals surface area contributed by atoms with Crippen molar-refractivity contribution in [1.82, 2.24) is 5.01 Å². The zero-order chi connectivity index (χ0) is 26.1. The van der Waals surface area contributed by atoms with Crippen molar-refractivity contribution >= 4 is 48.4 Å². The Balaban J connectivity index is 1.54. The molecule has 1 aliphatic heterocycles. The summed E-state index contributed by atoms with van der Waals surface area (Å²) in [5.74, 6) is 2.08. The number of ether oxygens (including phenoxy) is 1. The van der Waals surface area contributed by atoms with Gasteiger partial charge < -0.3 is 9.64 Å². The van der Waals surface area contributed by atoms with Crippen LogP contribution < -0.4 is 19.2 Å². The monoisotopic (exact) mass is 531 g/mol. The summed E-state index contributed by atoms with van der Waals surface area (Å²) in [6.45, 7) is 10.8. The average molecular weight is 532 g/mol. The van der Waals surface area contributed by atoms with Gasteiger partial charge in [0.2, 0.25) is 0 Å². The Morgan fingerprint density at radius 2 is 1.64 bits per heavy atom. The minimum absolute atomic E-state index is 0.606.